The molecule has 2 aromatic rings. The molecular weight excluding hydrogens is 400 g/mol. The van der Waals surface area contributed by atoms with Crippen LogP contribution < -0.4 is 15.5 Å². The van der Waals surface area contributed by atoms with Crippen LogP contribution in [0.3, 0.4) is 0 Å². The number of hydrogen-bond donors (Lipinski definition) is 2. The summed E-state index contributed by atoms with van der Waals surface area (Å²) in [5.41, 5.74) is 5.15. The van der Waals surface area contributed by atoms with Crippen LogP contribution in [0.5, 0.6) is 0 Å². The summed E-state index contributed by atoms with van der Waals surface area (Å²) in [7, 11) is 1.81. The Bertz CT molecular complexity index is 1080. The maximum absolute atomic E-state index is 12.8. The first-order valence-corrected chi connectivity index (χ1v) is 11.5. The largest absolute Gasteiger partial charge is 0.339 e. The van der Waals surface area contributed by atoms with Crippen molar-refractivity contribution in [1.29, 1.82) is 5.26 Å². The second-order valence-electron chi connectivity index (χ2n) is 9.32. The van der Waals surface area contributed by atoms with Gasteiger partial charge in [-0.3, -0.25) is 9.59 Å². The highest BCUT2D eigenvalue weighted by molar-refractivity contribution is 6.01. The van der Waals surface area contributed by atoms with E-state index in [1.54, 1.807) is 4.90 Å². The first-order valence-electron chi connectivity index (χ1n) is 11.5. The van der Waals surface area contributed by atoms with E-state index in [0.29, 0.717) is 24.8 Å². The van der Waals surface area contributed by atoms with Crippen molar-refractivity contribution in [3.05, 3.63) is 53.6 Å². The van der Waals surface area contributed by atoms with Crippen molar-refractivity contribution in [3.8, 4) is 17.2 Å². The van der Waals surface area contributed by atoms with E-state index in [2.05, 4.69) is 22.8 Å². The van der Waals surface area contributed by atoms with Gasteiger partial charge in [-0.1, -0.05) is 36.4 Å². The molecule has 2 atom stereocenters. The SMILES string of the molecule is CN1C(=O)Cc2ccc(-c3ccc(C[C@@H](C#N)NC(=O)[C@H]4N[C@H]5CC[C@@H]4CC5)cc3)cc21. The van der Waals surface area contributed by atoms with Crippen LogP contribution in [0.15, 0.2) is 42.5 Å². The number of nitrogens with zero attached hydrogens (tertiary/aromatic N) is 2. The maximum Gasteiger partial charge on any atom is 0.238 e. The zero-order chi connectivity index (χ0) is 22.2. The van der Waals surface area contributed by atoms with E-state index in [0.717, 1.165) is 53.6 Å². The summed E-state index contributed by atoms with van der Waals surface area (Å²) in [6.07, 6.45) is 5.44. The highest BCUT2D eigenvalue weighted by Crippen LogP contribution is 2.34. The molecule has 0 radical (unpaired) electrons. The summed E-state index contributed by atoms with van der Waals surface area (Å²) >= 11 is 0. The molecule has 6 heteroatoms. The number of anilines is 1. The fourth-order valence-corrected chi connectivity index (χ4v) is 5.38. The lowest BCUT2D eigenvalue weighted by Crippen LogP contribution is -2.59. The number of piperidine rings is 2. The lowest BCUT2D eigenvalue weighted by atomic mass is 9.76. The molecule has 164 valence electrons. The van der Waals surface area contributed by atoms with Gasteiger partial charge in [0, 0.05) is 25.2 Å². The highest BCUT2D eigenvalue weighted by atomic mass is 16.2. The van der Waals surface area contributed by atoms with Gasteiger partial charge in [-0.2, -0.15) is 5.26 Å². The third kappa shape index (κ3) is 3.89. The minimum absolute atomic E-state index is 0.0422. The van der Waals surface area contributed by atoms with Gasteiger partial charge in [0.05, 0.1) is 18.5 Å². The van der Waals surface area contributed by atoms with Crippen LogP contribution in [-0.4, -0.2) is 37.0 Å². The molecule has 3 aliphatic heterocycles. The van der Waals surface area contributed by atoms with Crippen LogP contribution in [0, 0.1) is 17.2 Å². The highest BCUT2D eigenvalue weighted by Gasteiger charge is 2.39. The predicted octanol–water partition coefficient (Wildman–Crippen LogP) is 2.95. The van der Waals surface area contributed by atoms with E-state index in [-0.39, 0.29) is 17.9 Å². The fourth-order valence-electron chi connectivity index (χ4n) is 5.38. The number of likely N-dealkylation sites (N-methyl/N-ethyl adjacent to an activating group) is 1. The van der Waals surface area contributed by atoms with Gasteiger partial charge in [0.1, 0.15) is 6.04 Å². The Labute approximate surface area is 188 Å². The van der Waals surface area contributed by atoms with E-state index in [1.807, 2.05) is 43.4 Å². The molecular formula is C26H28N4O2. The molecule has 2 saturated heterocycles. The first-order chi connectivity index (χ1) is 15.5. The van der Waals surface area contributed by atoms with Crippen LogP contribution >= 0.6 is 0 Å². The van der Waals surface area contributed by atoms with Crippen LogP contribution in [0.2, 0.25) is 0 Å². The summed E-state index contributed by atoms with van der Waals surface area (Å²) in [5.74, 6) is 0.466. The number of fused-ring (bicyclic) bond motifs is 4. The molecule has 4 aliphatic rings. The van der Waals surface area contributed by atoms with Crippen LogP contribution in [0.25, 0.3) is 11.1 Å². The molecule has 1 aliphatic carbocycles. The Hall–Kier alpha value is -3.17. The van der Waals surface area contributed by atoms with E-state index >= 15 is 0 Å². The zero-order valence-corrected chi connectivity index (χ0v) is 18.3. The molecule has 3 fully saturated rings. The predicted molar refractivity (Wildman–Crippen MR) is 123 cm³/mol. The summed E-state index contributed by atoms with van der Waals surface area (Å²) in [6.45, 7) is 0. The van der Waals surface area contributed by atoms with Crippen molar-refractivity contribution in [2.45, 2.75) is 56.7 Å². The number of benzene rings is 2. The Morgan fingerprint density at radius 2 is 1.88 bits per heavy atom. The molecule has 2 N–H and O–H groups in total. The van der Waals surface area contributed by atoms with Crippen molar-refractivity contribution in [2.75, 3.05) is 11.9 Å². The molecule has 6 rings (SSSR count). The second-order valence-corrected chi connectivity index (χ2v) is 9.32. The molecule has 32 heavy (non-hydrogen) atoms. The third-order valence-electron chi connectivity index (χ3n) is 7.30. The van der Waals surface area contributed by atoms with Gasteiger partial charge >= 0.3 is 0 Å². The van der Waals surface area contributed by atoms with Crippen LogP contribution in [0.4, 0.5) is 5.69 Å². The van der Waals surface area contributed by atoms with E-state index in [1.165, 1.54) is 0 Å². The van der Waals surface area contributed by atoms with Crippen molar-refractivity contribution >= 4 is 17.5 Å². The van der Waals surface area contributed by atoms with Crippen LogP contribution in [0.1, 0.15) is 36.8 Å². The van der Waals surface area contributed by atoms with E-state index in [4.69, 9.17) is 0 Å². The summed E-state index contributed by atoms with van der Waals surface area (Å²) < 4.78 is 0. The van der Waals surface area contributed by atoms with Gasteiger partial charge in [0.25, 0.3) is 0 Å². The number of rotatable bonds is 5. The molecule has 6 nitrogen and oxygen atoms in total. The van der Waals surface area contributed by atoms with Gasteiger partial charge in [0.15, 0.2) is 0 Å². The van der Waals surface area contributed by atoms with Gasteiger partial charge in [-0.25, -0.2) is 0 Å². The first kappa shape index (κ1) is 20.7. The molecule has 2 aromatic carbocycles. The quantitative estimate of drug-likeness (QED) is 0.767. The summed E-state index contributed by atoms with van der Waals surface area (Å²) in [6, 6.07) is 16.2. The number of nitrogens with one attached hydrogen (secondary N) is 2. The molecule has 2 bridgehead atoms. The number of nitriles is 1. The molecule has 3 heterocycles. The Balaban J connectivity index is 1.24. The third-order valence-corrected chi connectivity index (χ3v) is 7.30. The minimum atomic E-state index is -0.546. The summed E-state index contributed by atoms with van der Waals surface area (Å²) in [5, 5.41) is 16.0. The van der Waals surface area contributed by atoms with Crippen LogP contribution in [-0.2, 0) is 22.4 Å². The van der Waals surface area contributed by atoms with Crippen molar-refractivity contribution in [3.63, 3.8) is 0 Å². The molecule has 2 amide bonds. The van der Waals surface area contributed by atoms with Gasteiger partial charge in [-0.15, -0.1) is 0 Å². The molecule has 0 aromatic heterocycles. The standard InChI is InChI=1S/C26H28N4O2/c1-30-23-13-19(6-7-20(23)14-24(30)31)17-4-2-16(3-5-17)12-22(15-27)29-26(32)25-18-8-10-21(28-25)11-9-18/h2-7,13,18,21-22,25,28H,8-12,14H2,1H3,(H,29,32)/t18-,21+,22-,25-/m0/s1. The van der Waals surface area contributed by atoms with E-state index < -0.39 is 6.04 Å². The molecule has 1 saturated carbocycles. The van der Waals surface area contributed by atoms with Crippen molar-refractivity contribution < 1.29 is 9.59 Å². The van der Waals surface area contributed by atoms with Gasteiger partial charge in [0.2, 0.25) is 11.8 Å². The lowest BCUT2D eigenvalue weighted by Gasteiger charge is -2.42. The minimum Gasteiger partial charge on any atom is -0.339 e. The normalized spacial score (nSPS) is 24.7. The topological polar surface area (TPSA) is 85.2 Å². The lowest BCUT2D eigenvalue weighted by molar-refractivity contribution is -0.127. The smallest absolute Gasteiger partial charge is 0.238 e. The Morgan fingerprint density at radius 3 is 2.53 bits per heavy atom. The average Bonchev–Trinajstić information content (AvgIpc) is 3.12. The zero-order valence-electron chi connectivity index (χ0n) is 18.3. The van der Waals surface area contributed by atoms with Crippen molar-refractivity contribution in [1.82, 2.24) is 10.6 Å². The Morgan fingerprint density at radius 1 is 1.16 bits per heavy atom. The Kier molecular flexibility index (Phi) is 5.44. The monoisotopic (exact) mass is 428 g/mol. The molecule has 0 spiro atoms. The summed E-state index contributed by atoms with van der Waals surface area (Å²) in [4.78, 5) is 26.4. The van der Waals surface area contributed by atoms with E-state index in [9.17, 15) is 14.9 Å². The second kappa shape index (κ2) is 8.40. The van der Waals surface area contributed by atoms with Crippen molar-refractivity contribution in [2.24, 2.45) is 5.92 Å². The molecule has 0 unspecified atom stereocenters. The van der Waals surface area contributed by atoms with Gasteiger partial charge in [-0.05, 0) is 59.9 Å². The number of carbonyl (C=O) groups is 2. The maximum atomic E-state index is 12.8. The number of amides is 2. The fraction of sp³-hybridized carbons (Fsp3) is 0.423. The average molecular weight is 429 g/mol. The van der Waals surface area contributed by atoms with Gasteiger partial charge < -0.3 is 15.5 Å². The number of carbonyl (C=O) groups excluding carboxylic acids is 2. The number of hydrogen-bond acceptors (Lipinski definition) is 4.